The Morgan fingerprint density at radius 1 is 1.32 bits per heavy atom. The van der Waals surface area contributed by atoms with Gasteiger partial charge in [0.25, 0.3) is 11.5 Å². The smallest absolute Gasteiger partial charge is 0.264 e. The van der Waals surface area contributed by atoms with Gasteiger partial charge in [-0.05, 0) is 30.5 Å². The van der Waals surface area contributed by atoms with E-state index in [4.69, 9.17) is 4.74 Å². The number of nitriles is 1. The van der Waals surface area contributed by atoms with Crippen molar-refractivity contribution in [2.75, 3.05) is 26.3 Å². The number of rotatable bonds is 3. The first kappa shape index (κ1) is 16.9. The first-order valence-corrected chi connectivity index (χ1v) is 8.27. The van der Waals surface area contributed by atoms with E-state index in [1.807, 2.05) is 37.3 Å². The van der Waals surface area contributed by atoms with Gasteiger partial charge in [-0.25, -0.2) is 0 Å². The van der Waals surface area contributed by atoms with Crippen LogP contribution in [-0.4, -0.2) is 41.7 Å². The fourth-order valence-electron chi connectivity index (χ4n) is 3.00. The highest BCUT2D eigenvalue weighted by molar-refractivity contribution is 6.02. The number of aromatic nitrogens is 1. The minimum Gasteiger partial charge on any atom is -0.378 e. The third-order valence-corrected chi connectivity index (χ3v) is 4.30. The highest BCUT2D eigenvalue weighted by Gasteiger charge is 2.21. The van der Waals surface area contributed by atoms with Crippen LogP contribution in [0.5, 0.6) is 0 Å². The number of pyridine rings is 1. The lowest BCUT2D eigenvalue weighted by atomic mass is 10.1. The summed E-state index contributed by atoms with van der Waals surface area (Å²) >= 11 is 0. The third kappa shape index (κ3) is 3.32. The molecule has 1 aromatic carbocycles. The number of hydrogen-bond donors (Lipinski definition) is 0. The van der Waals surface area contributed by atoms with E-state index in [2.05, 4.69) is 0 Å². The van der Waals surface area contributed by atoms with Gasteiger partial charge in [-0.3, -0.25) is 9.59 Å². The number of hydrogen-bond acceptors (Lipinski definition) is 4. The van der Waals surface area contributed by atoms with E-state index in [1.54, 1.807) is 15.5 Å². The molecule has 2 aromatic rings. The first-order chi connectivity index (χ1) is 12.2. The second kappa shape index (κ2) is 7.32. The van der Waals surface area contributed by atoms with E-state index in [1.165, 1.54) is 6.08 Å². The van der Waals surface area contributed by atoms with Gasteiger partial charge in [-0.1, -0.05) is 18.2 Å². The van der Waals surface area contributed by atoms with Crippen molar-refractivity contribution in [3.63, 3.8) is 0 Å². The Hall–Kier alpha value is -2.91. The van der Waals surface area contributed by atoms with E-state index < -0.39 is 0 Å². The number of ether oxygens (including phenoxy) is 1. The molecule has 0 saturated carbocycles. The Kier molecular flexibility index (Phi) is 4.96. The molecule has 0 aliphatic carbocycles. The maximum atomic E-state index is 12.7. The van der Waals surface area contributed by atoms with Gasteiger partial charge in [-0.2, -0.15) is 5.26 Å². The van der Waals surface area contributed by atoms with Crippen LogP contribution in [0.4, 0.5) is 0 Å². The van der Waals surface area contributed by atoms with Crippen LogP contribution < -0.4 is 5.56 Å². The Balaban J connectivity index is 2.07. The average Bonchev–Trinajstić information content (AvgIpc) is 2.66. The van der Waals surface area contributed by atoms with E-state index in [-0.39, 0.29) is 17.0 Å². The first-order valence-electron chi connectivity index (χ1n) is 8.27. The molecule has 2 heterocycles. The molecule has 0 radical (unpaired) electrons. The van der Waals surface area contributed by atoms with Gasteiger partial charge in [0, 0.05) is 25.2 Å². The Morgan fingerprint density at radius 2 is 2.04 bits per heavy atom. The second-order valence-corrected chi connectivity index (χ2v) is 5.78. The molecule has 1 fully saturated rings. The molecule has 6 nitrogen and oxygen atoms in total. The molecule has 6 heteroatoms. The maximum absolute atomic E-state index is 12.7. The minimum atomic E-state index is -0.360. The number of benzene rings is 1. The second-order valence-electron chi connectivity index (χ2n) is 5.78. The lowest BCUT2D eigenvalue weighted by Crippen LogP contribution is -2.41. The molecule has 3 rings (SSSR count). The Labute approximate surface area is 145 Å². The lowest BCUT2D eigenvalue weighted by Gasteiger charge is -2.26. The predicted molar refractivity (Wildman–Crippen MR) is 94.9 cm³/mol. The van der Waals surface area contributed by atoms with Crippen molar-refractivity contribution >= 4 is 22.9 Å². The molecule has 1 aliphatic heterocycles. The van der Waals surface area contributed by atoms with Gasteiger partial charge in [0.2, 0.25) is 0 Å². The third-order valence-electron chi connectivity index (χ3n) is 4.30. The van der Waals surface area contributed by atoms with Crippen molar-refractivity contribution in [1.82, 2.24) is 9.47 Å². The lowest BCUT2D eigenvalue weighted by molar-refractivity contribution is -0.130. The van der Waals surface area contributed by atoms with Crippen LogP contribution in [0.3, 0.4) is 0 Å². The number of aryl methyl sites for hydroxylation is 1. The highest BCUT2D eigenvalue weighted by Crippen LogP contribution is 2.16. The van der Waals surface area contributed by atoms with Crippen LogP contribution in [0.15, 0.2) is 40.7 Å². The van der Waals surface area contributed by atoms with E-state index in [9.17, 15) is 14.9 Å². The standard InChI is InChI=1S/C19H19N3O3/c1-2-22-17-6-4-3-5-14(17)11-15(19(22)24)12-16(13-20)18(23)21-7-9-25-10-8-21/h3-6,11-12H,2,7-10H2,1H3/b16-12+. The summed E-state index contributed by atoms with van der Waals surface area (Å²) in [5, 5.41) is 10.3. The van der Waals surface area contributed by atoms with Crippen molar-refractivity contribution in [2.45, 2.75) is 13.5 Å². The number of carbonyl (C=O) groups is 1. The zero-order valence-electron chi connectivity index (χ0n) is 14.1. The maximum Gasteiger partial charge on any atom is 0.264 e. The fraction of sp³-hybridized carbons (Fsp3) is 0.316. The Morgan fingerprint density at radius 3 is 2.72 bits per heavy atom. The molecule has 1 amide bonds. The molecular weight excluding hydrogens is 318 g/mol. The summed E-state index contributed by atoms with van der Waals surface area (Å²) in [7, 11) is 0. The van der Waals surface area contributed by atoms with Crippen LogP contribution in [0.2, 0.25) is 0 Å². The number of amides is 1. The SMILES string of the molecule is CCn1c(=O)c(/C=C(\C#N)C(=O)N2CCOCC2)cc2ccccc21. The minimum absolute atomic E-state index is 0.0306. The van der Waals surface area contributed by atoms with E-state index in [0.29, 0.717) is 38.4 Å². The van der Waals surface area contributed by atoms with Gasteiger partial charge in [0.1, 0.15) is 11.6 Å². The fourth-order valence-corrected chi connectivity index (χ4v) is 3.00. The summed E-state index contributed by atoms with van der Waals surface area (Å²) in [5.74, 6) is -0.360. The van der Waals surface area contributed by atoms with E-state index >= 15 is 0 Å². The van der Waals surface area contributed by atoms with Gasteiger partial charge >= 0.3 is 0 Å². The molecule has 25 heavy (non-hydrogen) atoms. The summed E-state index contributed by atoms with van der Waals surface area (Å²) in [4.78, 5) is 26.8. The van der Waals surface area contributed by atoms with Crippen LogP contribution in [0.1, 0.15) is 12.5 Å². The molecule has 0 unspecified atom stereocenters. The van der Waals surface area contributed by atoms with Crippen LogP contribution >= 0.6 is 0 Å². The van der Waals surface area contributed by atoms with E-state index in [0.717, 1.165) is 10.9 Å². The monoisotopic (exact) mass is 337 g/mol. The molecule has 0 bridgehead atoms. The molecule has 1 aromatic heterocycles. The van der Waals surface area contributed by atoms with Crippen molar-refractivity contribution in [2.24, 2.45) is 0 Å². The van der Waals surface area contributed by atoms with Crippen LogP contribution in [0, 0.1) is 11.3 Å². The molecule has 0 atom stereocenters. The summed E-state index contributed by atoms with van der Waals surface area (Å²) in [6, 6.07) is 11.2. The summed E-state index contributed by atoms with van der Waals surface area (Å²) in [6.07, 6.45) is 1.40. The summed E-state index contributed by atoms with van der Waals surface area (Å²) in [5.41, 5.74) is 0.949. The van der Waals surface area contributed by atoms with Crippen LogP contribution in [0.25, 0.3) is 17.0 Å². The number of para-hydroxylation sites is 1. The zero-order valence-corrected chi connectivity index (χ0v) is 14.1. The van der Waals surface area contributed by atoms with Crippen molar-refractivity contribution in [3.8, 4) is 6.07 Å². The molecule has 0 spiro atoms. The number of carbonyl (C=O) groups excluding carboxylic acids is 1. The summed E-state index contributed by atoms with van der Waals surface area (Å²) < 4.78 is 6.88. The number of fused-ring (bicyclic) bond motifs is 1. The highest BCUT2D eigenvalue weighted by atomic mass is 16.5. The normalized spacial score (nSPS) is 15.2. The largest absolute Gasteiger partial charge is 0.378 e. The van der Waals surface area contributed by atoms with Crippen molar-refractivity contribution < 1.29 is 9.53 Å². The number of nitrogens with zero attached hydrogens (tertiary/aromatic N) is 3. The molecule has 1 aliphatic rings. The van der Waals surface area contributed by atoms with Crippen molar-refractivity contribution in [1.29, 1.82) is 5.26 Å². The van der Waals surface area contributed by atoms with Gasteiger partial charge in [0.05, 0.1) is 18.7 Å². The topological polar surface area (TPSA) is 75.3 Å². The predicted octanol–water partition coefficient (Wildman–Crippen LogP) is 1.79. The quantitative estimate of drug-likeness (QED) is 0.632. The molecule has 128 valence electrons. The zero-order chi connectivity index (χ0) is 17.8. The average molecular weight is 337 g/mol. The molecular formula is C19H19N3O3. The van der Waals surface area contributed by atoms with Gasteiger partial charge in [-0.15, -0.1) is 0 Å². The summed E-state index contributed by atoms with van der Waals surface area (Å²) in [6.45, 7) is 4.24. The van der Waals surface area contributed by atoms with Crippen LogP contribution in [-0.2, 0) is 16.1 Å². The molecule has 0 N–H and O–H groups in total. The molecule has 1 saturated heterocycles. The number of morpholine rings is 1. The van der Waals surface area contributed by atoms with Crippen molar-refractivity contribution in [3.05, 3.63) is 51.8 Å². The van der Waals surface area contributed by atoms with Gasteiger partial charge in [0.15, 0.2) is 0 Å². The Bertz CT molecular complexity index is 931. The van der Waals surface area contributed by atoms with Gasteiger partial charge < -0.3 is 14.2 Å².